The summed E-state index contributed by atoms with van der Waals surface area (Å²) >= 11 is 0. The lowest BCUT2D eigenvalue weighted by atomic mass is 9.64. The molecule has 33 heavy (non-hydrogen) atoms. The van der Waals surface area contributed by atoms with Crippen LogP contribution >= 0.6 is 0 Å². The molecule has 0 fully saturated rings. The summed E-state index contributed by atoms with van der Waals surface area (Å²) in [6.45, 7) is 0.0363. The molecule has 0 saturated carbocycles. The number of halogens is 2. The first kappa shape index (κ1) is 24.3. The first-order valence-electron chi connectivity index (χ1n) is 10.2. The van der Waals surface area contributed by atoms with Crippen molar-refractivity contribution in [1.82, 2.24) is 4.98 Å². The third kappa shape index (κ3) is 7.08. The van der Waals surface area contributed by atoms with Crippen LogP contribution in [0, 0.1) is 0 Å². The highest BCUT2D eigenvalue weighted by Crippen LogP contribution is 2.37. The van der Waals surface area contributed by atoms with Crippen LogP contribution in [0.5, 0.6) is 5.75 Å². The molecule has 174 valence electrons. The molecule has 1 N–H and O–H groups in total. The maximum atomic E-state index is 13.1. The normalized spacial score (nSPS) is 15.3. The van der Waals surface area contributed by atoms with Gasteiger partial charge in [-0.05, 0) is 36.6 Å². The number of ether oxygens (including phenoxy) is 2. The van der Waals surface area contributed by atoms with Gasteiger partial charge in [0, 0.05) is 24.6 Å². The highest BCUT2D eigenvalue weighted by Gasteiger charge is 2.39. The van der Waals surface area contributed by atoms with Crippen LogP contribution < -0.4 is 4.65 Å². The number of pyridine rings is 1. The Morgan fingerprint density at radius 1 is 1.24 bits per heavy atom. The molecule has 1 atom stereocenters. The Balaban J connectivity index is 1.57. The molecule has 0 radical (unpaired) electrons. The van der Waals surface area contributed by atoms with E-state index in [2.05, 4.69) is 4.98 Å². The number of carbonyl (C=O) groups excluding carboxylic acids is 3. The molecule has 0 unspecified atom stereocenters. The SMILES string of the molecule is CC(F)(F)CC(=O)C[C@H]1Cc2cccc(C(=O)OCOC(=O)Cc3cccnc3)c2OB1O. The maximum Gasteiger partial charge on any atom is 0.526 e. The lowest BCUT2D eigenvalue weighted by Gasteiger charge is -2.28. The zero-order valence-electron chi connectivity index (χ0n) is 17.8. The van der Waals surface area contributed by atoms with E-state index in [4.69, 9.17) is 14.1 Å². The van der Waals surface area contributed by atoms with E-state index in [9.17, 15) is 28.2 Å². The number of fused-ring (bicyclic) bond motifs is 1. The molecular formula is C22H22BF2NO7. The van der Waals surface area contributed by atoms with E-state index in [0.717, 1.165) is 0 Å². The zero-order valence-corrected chi connectivity index (χ0v) is 17.8. The second-order valence-corrected chi connectivity index (χ2v) is 7.86. The van der Waals surface area contributed by atoms with Crippen LogP contribution in [-0.4, -0.2) is 47.6 Å². The molecule has 1 aromatic carbocycles. The fourth-order valence-corrected chi connectivity index (χ4v) is 3.48. The van der Waals surface area contributed by atoms with Crippen LogP contribution in [0.25, 0.3) is 0 Å². The minimum Gasteiger partial charge on any atom is -0.535 e. The molecule has 1 aliphatic rings. The van der Waals surface area contributed by atoms with E-state index >= 15 is 0 Å². The topological polar surface area (TPSA) is 112 Å². The number of para-hydroxylation sites is 1. The molecule has 1 aliphatic heterocycles. The number of esters is 2. The number of nitrogens with zero attached hydrogens (tertiary/aromatic N) is 1. The molecule has 11 heteroatoms. The summed E-state index contributed by atoms with van der Waals surface area (Å²) in [6.07, 6.45) is 1.99. The van der Waals surface area contributed by atoms with Crippen LogP contribution in [0.2, 0.25) is 5.82 Å². The van der Waals surface area contributed by atoms with Gasteiger partial charge in [-0.15, -0.1) is 0 Å². The summed E-state index contributed by atoms with van der Waals surface area (Å²) in [5.74, 6) is -5.93. The predicted octanol–water partition coefficient (Wildman–Crippen LogP) is 2.77. The second kappa shape index (κ2) is 10.5. The lowest BCUT2D eigenvalue weighted by molar-refractivity contribution is -0.151. The largest absolute Gasteiger partial charge is 0.535 e. The van der Waals surface area contributed by atoms with Crippen molar-refractivity contribution in [1.29, 1.82) is 0 Å². The fraction of sp³-hybridized carbons (Fsp3) is 0.364. The third-order valence-electron chi connectivity index (χ3n) is 4.92. The van der Waals surface area contributed by atoms with Crippen LogP contribution in [0.4, 0.5) is 8.78 Å². The van der Waals surface area contributed by atoms with Crippen molar-refractivity contribution in [2.24, 2.45) is 0 Å². The average Bonchev–Trinajstić information content (AvgIpc) is 2.73. The Morgan fingerprint density at radius 3 is 2.73 bits per heavy atom. The van der Waals surface area contributed by atoms with Crippen molar-refractivity contribution in [3.63, 3.8) is 0 Å². The minimum atomic E-state index is -3.13. The predicted molar refractivity (Wildman–Crippen MR) is 112 cm³/mol. The minimum absolute atomic E-state index is 0.000253. The number of benzene rings is 1. The molecule has 0 aliphatic carbocycles. The second-order valence-electron chi connectivity index (χ2n) is 7.86. The monoisotopic (exact) mass is 461 g/mol. The molecule has 0 spiro atoms. The highest BCUT2D eigenvalue weighted by molar-refractivity contribution is 6.47. The number of carbonyl (C=O) groups is 3. The highest BCUT2D eigenvalue weighted by atomic mass is 19.3. The average molecular weight is 461 g/mol. The van der Waals surface area contributed by atoms with Crippen molar-refractivity contribution in [2.45, 2.75) is 44.3 Å². The van der Waals surface area contributed by atoms with Gasteiger partial charge in [0.05, 0.1) is 12.8 Å². The summed E-state index contributed by atoms with van der Waals surface area (Å²) in [5.41, 5.74) is 1.16. The smallest absolute Gasteiger partial charge is 0.526 e. The fourth-order valence-electron chi connectivity index (χ4n) is 3.48. The van der Waals surface area contributed by atoms with Crippen molar-refractivity contribution in [3.8, 4) is 5.75 Å². The van der Waals surface area contributed by atoms with Gasteiger partial charge in [0.1, 0.15) is 17.1 Å². The van der Waals surface area contributed by atoms with Gasteiger partial charge < -0.3 is 19.2 Å². The summed E-state index contributed by atoms with van der Waals surface area (Å²) in [6, 6.07) is 7.99. The quantitative estimate of drug-likeness (QED) is 0.345. The molecule has 2 heterocycles. The van der Waals surface area contributed by atoms with Gasteiger partial charge in [0.25, 0.3) is 5.92 Å². The molecule has 1 aromatic heterocycles. The summed E-state index contributed by atoms with van der Waals surface area (Å²) in [7, 11) is -1.46. The molecule has 3 rings (SSSR count). The van der Waals surface area contributed by atoms with E-state index in [1.165, 1.54) is 12.3 Å². The van der Waals surface area contributed by atoms with Gasteiger partial charge >= 0.3 is 19.1 Å². The van der Waals surface area contributed by atoms with Gasteiger partial charge in [-0.2, -0.15) is 0 Å². The summed E-state index contributed by atoms with van der Waals surface area (Å²) in [4.78, 5) is 40.1. The van der Waals surface area contributed by atoms with Gasteiger partial charge in [-0.1, -0.05) is 18.2 Å². The first-order valence-corrected chi connectivity index (χ1v) is 10.2. The van der Waals surface area contributed by atoms with Gasteiger partial charge in [-0.3, -0.25) is 14.6 Å². The van der Waals surface area contributed by atoms with Crippen LogP contribution in [-0.2, 0) is 31.9 Å². The molecule has 0 amide bonds. The van der Waals surface area contributed by atoms with Gasteiger partial charge in [0.15, 0.2) is 0 Å². The van der Waals surface area contributed by atoms with Crippen LogP contribution in [0.15, 0.2) is 42.7 Å². The Labute approximate surface area is 189 Å². The molecule has 0 bridgehead atoms. The van der Waals surface area contributed by atoms with Crippen molar-refractivity contribution < 1.29 is 42.3 Å². The Bertz CT molecular complexity index is 1010. The standard InChI is InChI=1S/C22H22BF2NO7/c1-22(24,25)11-17(27)10-16-9-15-5-2-6-18(20(15)33-23(16)30)21(29)32-13-31-19(28)8-14-4-3-7-26-12-14/h2-7,12,16,30H,8-11,13H2,1H3/t16-/m1/s1. The van der Waals surface area contributed by atoms with Gasteiger partial charge in [0.2, 0.25) is 6.79 Å². The zero-order chi connectivity index (χ0) is 24.0. The lowest BCUT2D eigenvalue weighted by Crippen LogP contribution is -2.36. The van der Waals surface area contributed by atoms with Gasteiger partial charge in [-0.25, -0.2) is 13.6 Å². The van der Waals surface area contributed by atoms with Crippen LogP contribution in [0.3, 0.4) is 0 Å². The Kier molecular flexibility index (Phi) is 7.75. The molecular weight excluding hydrogens is 439 g/mol. The number of Topliss-reactive ketones (excluding diaryl/α,β-unsaturated/α-hetero) is 1. The maximum absolute atomic E-state index is 13.1. The number of ketones is 1. The number of hydrogen-bond donors (Lipinski definition) is 1. The first-order chi connectivity index (χ1) is 15.6. The van der Waals surface area contributed by atoms with Crippen LogP contribution in [0.1, 0.15) is 41.3 Å². The van der Waals surface area contributed by atoms with E-state index in [1.807, 2.05) is 0 Å². The molecule has 0 saturated heterocycles. The third-order valence-corrected chi connectivity index (χ3v) is 4.92. The number of hydrogen-bond acceptors (Lipinski definition) is 8. The van der Waals surface area contributed by atoms with Crippen molar-refractivity contribution in [2.75, 3.05) is 6.79 Å². The summed E-state index contributed by atoms with van der Waals surface area (Å²) < 4.78 is 41.5. The summed E-state index contributed by atoms with van der Waals surface area (Å²) in [5, 5.41) is 10.3. The van der Waals surface area contributed by atoms with E-state index in [0.29, 0.717) is 18.1 Å². The Morgan fingerprint density at radius 2 is 2.03 bits per heavy atom. The van der Waals surface area contributed by atoms with E-state index in [1.54, 1.807) is 30.5 Å². The van der Waals surface area contributed by atoms with E-state index in [-0.39, 0.29) is 30.6 Å². The number of rotatable bonds is 9. The molecule has 2 aromatic rings. The van der Waals surface area contributed by atoms with Crippen molar-refractivity contribution >= 4 is 24.8 Å². The number of alkyl halides is 2. The van der Waals surface area contributed by atoms with E-state index < -0.39 is 49.8 Å². The molecule has 8 nitrogen and oxygen atoms in total. The Hall–Kier alpha value is -3.34. The number of aromatic nitrogens is 1. The van der Waals surface area contributed by atoms with Crippen molar-refractivity contribution in [3.05, 3.63) is 59.4 Å².